The molecule has 0 fully saturated rings. The standard InChI is InChI=1S/C26H31Cl2NO/c1-5-13-26(4,25-29-24(17-30-25)18(2)3)16-21(20-7-6-8-23(28)15-20)14-19-9-11-22(27)12-10-19/h5-12,15,18,21,24H,1,13-14,16-17H2,2-4H3/t21-,24-,26?/m1/s1. The van der Waals surface area contributed by atoms with Crippen molar-refractivity contribution in [2.45, 2.75) is 52.0 Å². The molecule has 2 aromatic carbocycles. The summed E-state index contributed by atoms with van der Waals surface area (Å²) in [6.45, 7) is 11.3. The van der Waals surface area contributed by atoms with Gasteiger partial charge >= 0.3 is 0 Å². The fourth-order valence-electron chi connectivity index (χ4n) is 4.15. The second kappa shape index (κ2) is 10.0. The van der Waals surface area contributed by atoms with Crippen molar-refractivity contribution in [3.05, 3.63) is 82.4 Å². The molecule has 3 rings (SSSR count). The van der Waals surface area contributed by atoms with Crippen molar-refractivity contribution in [2.75, 3.05) is 6.61 Å². The minimum absolute atomic E-state index is 0.217. The maximum Gasteiger partial charge on any atom is 0.190 e. The van der Waals surface area contributed by atoms with Crippen LogP contribution < -0.4 is 0 Å². The number of ether oxygens (including phenoxy) is 1. The van der Waals surface area contributed by atoms with E-state index in [1.165, 1.54) is 11.1 Å². The molecule has 1 unspecified atom stereocenters. The van der Waals surface area contributed by atoms with Gasteiger partial charge in [-0.05, 0) is 66.5 Å². The molecule has 1 aliphatic rings. The molecule has 0 saturated carbocycles. The van der Waals surface area contributed by atoms with E-state index in [-0.39, 0.29) is 17.4 Å². The van der Waals surface area contributed by atoms with Crippen molar-refractivity contribution in [3.8, 4) is 0 Å². The molecule has 0 N–H and O–H groups in total. The van der Waals surface area contributed by atoms with Gasteiger partial charge in [0.15, 0.2) is 5.90 Å². The van der Waals surface area contributed by atoms with Gasteiger partial charge in [-0.3, -0.25) is 0 Å². The summed E-state index contributed by atoms with van der Waals surface area (Å²) in [7, 11) is 0. The Balaban J connectivity index is 1.93. The maximum atomic E-state index is 6.34. The molecular weight excluding hydrogens is 413 g/mol. The Kier molecular flexibility index (Phi) is 7.65. The Hall–Kier alpha value is -1.77. The number of allylic oxidation sites excluding steroid dienone is 1. The fourth-order valence-corrected chi connectivity index (χ4v) is 4.48. The Labute approximate surface area is 191 Å². The van der Waals surface area contributed by atoms with E-state index in [0.717, 1.165) is 35.2 Å². The van der Waals surface area contributed by atoms with Gasteiger partial charge in [0, 0.05) is 15.5 Å². The third-order valence-electron chi connectivity index (χ3n) is 5.97. The largest absolute Gasteiger partial charge is 0.478 e. The van der Waals surface area contributed by atoms with Gasteiger partial charge in [0.1, 0.15) is 6.61 Å². The van der Waals surface area contributed by atoms with Crippen molar-refractivity contribution >= 4 is 29.1 Å². The second-order valence-electron chi connectivity index (χ2n) is 8.90. The lowest BCUT2D eigenvalue weighted by atomic mass is 9.74. The Bertz CT molecular complexity index is 890. The minimum Gasteiger partial charge on any atom is -0.478 e. The number of benzene rings is 2. The van der Waals surface area contributed by atoms with Crippen molar-refractivity contribution in [1.29, 1.82) is 0 Å². The summed E-state index contributed by atoms with van der Waals surface area (Å²) < 4.78 is 6.13. The third-order valence-corrected chi connectivity index (χ3v) is 6.45. The highest BCUT2D eigenvalue weighted by atomic mass is 35.5. The molecule has 0 saturated heterocycles. The molecular formula is C26H31Cl2NO. The van der Waals surface area contributed by atoms with E-state index in [0.29, 0.717) is 12.5 Å². The van der Waals surface area contributed by atoms with Gasteiger partial charge in [0.2, 0.25) is 0 Å². The molecule has 0 aliphatic carbocycles. The van der Waals surface area contributed by atoms with Gasteiger partial charge < -0.3 is 4.74 Å². The van der Waals surface area contributed by atoms with Crippen molar-refractivity contribution in [3.63, 3.8) is 0 Å². The molecule has 0 spiro atoms. The minimum atomic E-state index is -0.217. The summed E-state index contributed by atoms with van der Waals surface area (Å²) in [5.74, 6) is 1.59. The van der Waals surface area contributed by atoms with Crippen LogP contribution in [0.1, 0.15) is 50.7 Å². The zero-order chi connectivity index (χ0) is 21.7. The molecule has 3 atom stereocenters. The first-order chi connectivity index (χ1) is 14.3. The van der Waals surface area contributed by atoms with Gasteiger partial charge in [-0.1, -0.05) is 74.3 Å². The molecule has 0 amide bonds. The highest BCUT2D eigenvalue weighted by Gasteiger charge is 2.38. The van der Waals surface area contributed by atoms with Crippen LogP contribution in [0.25, 0.3) is 0 Å². The lowest BCUT2D eigenvalue weighted by Gasteiger charge is -2.32. The van der Waals surface area contributed by atoms with Crippen molar-refractivity contribution < 1.29 is 4.74 Å². The van der Waals surface area contributed by atoms with Gasteiger partial charge in [-0.15, -0.1) is 6.58 Å². The van der Waals surface area contributed by atoms with Crippen LogP contribution in [0.4, 0.5) is 0 Å². The lowest BCUT2D eigenvalue weighted by Crippen LogP contribution is -2.30. The molecule has 30 heavy (non-hydrogen) atoms. The van der Waals surface area contributed by atoms with E-state index >= 15 is 0 Å². The van der Waals surface area contributed by atoms with Crippen LogP contribution in [0.2, 0.25) is 10.0 Å². The summed E-state index contributed by atoms with van der Waals surface area (Å²) in [4.78, 5) is 4.96. The topological polar surface area (TPSA) is 21.6 Å². The van der Waals surface area contributed by atoms with Crippen molar-refractivity contribution in [1.82, 2.24) is 0 Å². The van der Waals surface area contributed by atoms with E-state index in [9.17, 15) is 0 Å². The number of rotatable bonds is 9. The quantitative estimate of drug-likeness (QED) is 0.363. The van der Waals surface area contributed by atoms with Gasteiger partial charge in [0.05, 0.1) is 6.04 Å². The monoisotopic (exact) mass is 443 g/mol. The summed E-state index contributed by atoms with van der Waals surface area (Å²) in [6, 6.07) is 16.5. The Morgan fingerprint density at radius 2 is 1.90 bits per heavy atom. The first-order valence-corrected chi connectivity index (χ1v) is 11.4. The predicted octanol–water partition coefficient (Wildman–Crippen LogP) is 7.75. The molecule has 0 bridgehead atoms. The van der Waals surface area contributed by atoms with Crippen LogP contribution in [-0.4, -0.2) is 18.5 Å². The number of halogens is 2. The third kappa shape index (κ3) is 5.68. The molecule has 4 heteroatoms. The van der Waals surface area contributed by atoms with Crippen LogP contribution >= 0.6 is 23.2 Å². The molecule has 0 aromatic heterocycles. The van der Waals surface area contributed by atoms with E-state index in [4.69, 9.17) is 32.9 Å². The van der Waals surface area contributed by atoms with E-state index in [2.05, 4.69) is 51.6 Å². The van der Waals surface area contributed by atoms with Crippen LogP contribution in [-0.2, 0) is 11.2 Å². The van der Waals surface area contributed by atoms with E-state index < -0.39 is 0 Å². The smallest absolute Gasteiger partial charge is 0.190 e. The fraction of sp³-hybridized carbons (Fsp3) is 0.423. The molecule has 2 aromatic rings. The zero-order valence-corrected chi connectivity index (χ0v) is 19.6. The Morgan fingerprint density at radius 3 is 2.50 bits per heavy atom. The molecule has 0 radical (unpaired) electrons. The first kappa shape index (κ1) is 22.9. The molecule has 1 aliphatic heterocycles. The van der Waals surface area contributed by atoms with Crippen molar-refractivity contribution in [2.24, 2.45) is 16.3 Å². The summed E-state index contributed by atoms with van der Waals surface area (Å²) in [6.07, 6.45) is 4.58. The first-order valence-electron chi connectivity index (χ1n) is 10.6. The summed E-state index contributed by atoms with van der Waals surface area (Å²) in [5, 5.41) is 1.51. The van der Waals surface area contributed by atoms with Gasteiger partial charge in [0.25, 0.3) is 0 Å². The molecule has 2 nitrogen and oxygen atoms in total. The molecule has 160 valence electrons. The average Bonchev–Trinajstić information content (AvgIpc) is 3.21. The maximum absolute atomic E-state index is 6.34. The summed E-state index contributed by atoms with van der Waals surface area (Å²) >= 11 is 12.4. The molecule has 1 heterocycles. The highest BCUT2D eigenvalue weighted by Crippen LogP contribution is 2.41. The lowest BCUT2D eigenvalue weighted by molar-refractivity contribution is 0.242. The number of hydrogen-bond acceptors (Lipinski definition) is 2. The zero-order valence-electron chi connectivity index (χ0n) is 18.1. The number of hydrogen-bond donors (Lipinski definition) is 0. The SMILES string of the molecule is C=CCC(C)(C[C@@H](Cc1ccc(Cl)cc1)c1cccc(Cl)c1)C1=N[C@@H](C(C)C)CO1. The van der Waals surface area contributed by atoms with Gasteiger partial charge in [-0.25, -0.2) is 4.99 Å². The Morgan fingerprint density at radius 1 is 1.17 bits per heavy atom. The van der Waals surface area contributed by atoms with Crippen LogP contribution in [0.5, 0.6) is 0 Å². The summed E-state index contributed by atoms with van der Waals surface area (Å²) in [5.41, 5.74) is 2.26. The number of aliphatic imine (C=N–C) groups is 1. The predicted molar refractivity (Wildman–Crippen MR) is 129 cm³/mol. The number of nitrogens with zero attached hydrogens (tertiary/aromatic N) is 1. The van der Waals surface area contributed by atoms with Crippen LogP contribution in [0.3, 0.4) is 0 Å². The van der Waals surface area contributed by atoms with Crippen LogP contribution in [0, 0.1) is 11.3 Å². The van der Waals surface area contributed by atoms with E-state index in [1.807, 2.05) is 30.3 Å². The van der Waals surface area contributed by atoms with Crippen LogP contribution in [0.15, 0.2) is 66.2 Å². The normalized spacial score (nSPS) is 19.1. The second-order valence-corrected chi connectivity index (χ2v) is 9.77. The highest BCUT2D eigenvalue weighted by molar-refractivity contribution is 6.30. The van der Waals surface area contributed by atoms with E-state index in [1.54, 1.807) is 0 Å². The van der Waals surface area contributed by atoms with Gasteiger partial charge in [-0.2, -0.15) is 0 Å². The average molecular weight is 444 g/mol.